The summed E-state index contributed by atoms with van der Waals surface area (Å²) in [5, 5.41) is 3.61. The van der Waals surface area contributed by atoms with Crippen LogP contribution in [0, 0.1) is 6.92 Å². The molecule has 2 bridgehead atoms. The predicted molar refractivity (Wildman–Crippen MR) is 86.6 cm³/mol. The van der Waals surface area contributed by atoms with Crippen molar-refractivity contribution in [3.63, 3.8) is 0 Å². The van der Waals surface area contributed by atoms with E-state index in [0.717, 1.165) is 35.1 Å². The molecule has 0 aromatic heterocycles. The summed E-state index contributed by atoms with van der Waals surface area (Å²) in [5.74, 6) is 0.180. The number of hydrogen-bond donors (Lipinski definition) is 1. The molecule has 1 aromatic carbocycles. The van der Waals surface area contributed by atoms with E-state index in [1.807, 2.05) is 30.0 Å². The fourth-order valence-electron chi connectivity index (χ4n) is 3.16. The Labute approximate surface area is 134 Å². The van der Waals surface area contributed by atoms with Crippen molar-refractivity contribution < 1.29 is 4.79 Å². The van der Waals surface area contributed by atoms with Gasteiger partial charge < -0.3 is 10.2 Å². The third kappa shape index (κ3) is 3.18. The lowest BCUT2D eigenvalue weighted by Crippen LogP contribution is -2.39. The van der Waals surface area contributed by atoms with Crippen LogP contribution in [0.4, 0.5) is 0 Å². The number of benzene rings is 1. The van der Waals surface area contributed by atoms with Crippen LogP contribution in [0.25, 0.3) is 0 Å². The van der Waals surface area contributed by atoms with Crippen LogP contribution < -0.4 is 5.32 Å². The quantitative estimate of drug-likeness (QED) is 0.835. The van der Waals surface area contributed by atoms with Crippen LogP contribution in [0.15, 0.2) is 22.7 Å². The first-order valence-electron chi connectivity index (χ1n) is 6.95. The van der Waals surface area contributed by atoms with Crippen molar-refractivity contribution in [2.75, 3.05) is 13.1 Å². The summed E-state index contributed by atoms with van der Waals surface area (Å²) in [6, 6.07) is 7.00. The lowest BCUT2D eigenvalue weighted by atomic mass is 10.0. The van der Waals surface area contributed by atoms with Gasteiger partial charge in [0.15, 0.2) is 0 Å². The van der Waals surface area contributed by atoms with Gasteiger partial charge in [-0.25, -0.2) is 0 Å². The summed E-state index contributed by atoms with van der Waals surface area (Å²) >= 11 is 3.45. The number of hydrogen-bond acceptors (Lipinski definition) is 2. The second kappa shape index (κ2) is 6.46. The molecule has 0 radical (unpaired) electrons. The van der Waals surface area contributed by atoms with Gasteiger partial charge in [0.25, 0.3) is 5.91 Å². The number of likely N-dealkylation sites (tertiary alicyclic amines) is 1. The first kappa shape index (κ1) is 15.8. The van der Waals surface area contributed by atoms with E-state index in [2.05, 4.69) is 21.2 Å². The topological polar surface area (TPSA) is 32.3 Å². The zero-order chi connectivity index (χ0) is 13.4. The fourth-order valence-corrected chi connectivity index (χ4v) is 3.64. The maximum Gasteiger partial charge on any atom is 0.254 e. The highest BCUT2D eigenvalue weighted by Gasteiger charge is 2.31. The number of nitrogens with one attached hydrogen (secondary N) is 1. The molecule has 2 atom stereocenters. The average molecular weight is 360 g/mol. The van der Waals surface area contributed by atoms with E-state index in [4.69, 9.17) is 0 Å². The second-order valence-electron chi connectivity index (χ2n) is 5.64. The number of aryl methyl sites for hydroxylation is 1. The molecular formula is C15H20BrClN2O. The summed E-state index contributed by atoms with van der Waals surface area (Å²) < 4.78 is 1.03. The largest absolute Gasteiger partial charge is 0.337 e. The van der Waals surface area contributed by atoms with E-state index in [0.29, 0.717) is 12.1 Å². The van der Waals surface area contributed by atoms with Crippen molar-refractivity contribution in [1.29, 1.82) is 0 Å². The Hall–Kier alpha value is -0.580. The Morgan fingerprint density at radius 1 is 1.30 bits per heavy atom. The van der Waals surface area contributed by atoms with Crippen molar-refractivity contribution in [3.05, 3.63) is 33.8 Å². The number of fused-ring (bicyclic) bond motifs is 2. The molecule has 1 aromatic rings. The third-order valence-corrected chi connectivity index (χ3v) is 4.72. The highest BCUT2D eigenvalue weighted by atomic mass is 79.9. The zero-order valence-electron chi connectivity index (χ0n) is 11.6. The van der Waals surface area contributed by atoms with E-state index in [9.17, 15) is 4.79 Å². The first-order valence-corrected chi connectivity index (χ1v) is 7.74. The lowest BCUT2D eigenvalue weighted by Gasteiger charge is -2.25. The van der Waals surface area contributed by atoms with Gasteiger partial charge in [0, 0.05) is 35.2 Å². The molecule has 5 heteroatoms. The van der Waals surface area contributed by atoms with Crippen molar-refractivity contribution >= 4 is 34.2 Å². The molecule has 2 saturated heterocycles. The Balaban J connectivity index is 0.00000147. The van der Waals surface area contributed by atoms with E-state index < -0.39 is 0 Å². The third-order valence-electron chi connectivity index (χ3n) is 4.23. The molecule has 2 heterocycles. The normalized spacial score (nSPS) is 25.0. The molecule has 2 fully saturated rings. The monoisotopic (exact) mass is 358 g/mol. The summed E-state index contributed by atoms with van der Waals surface area (Å²) in [6.07, 6.45) is 3.55. The van der Waals surface area contributed by atoms with Crippen LogP contribution in [0.3, 0.4) is 0 Å². The van der Waals surface area contributed by atoms with Gasteiger partial charge in [0.2, 0.25) is 0 Å². The predicted octanol–water partition coefficient (Wildman–Crippen LogP) is 3.15. The molecule has 2 aliphatic heterocycles. The molecule has 0 spiro atoms. The molecule has 1 amide bonds. The summed E-state index contributed by atoms with van der Waals surface area (Å²) in [7, 11) is 0. The van der Waals surface area contributed by atoms with E-state index >= 15 is 0 Å². The smallest absolute Gasteiger partial charge is 0.254 e. The standard InChI is InChI=1S/C15H19BrN2O.ClH/c1-10-8-11(16)2-5-14(10)15(19)18-7-6-12-3-4-13(9-18)17-12;/h2,5,8,12-13,17H,3-4,6-7,9H2,1H3;1H. The number of carbonyl (C=O) groups is 1. The molecule has 2 aliphatic rings. The van der Waals surface area contributed by atoms with Crippen molar-refractivity contribution in [2.45, 2.75) is 38.3 Å². The maximum absolute atomic E-state index is 12.6. The van der Waals surface area contributed by atoms with Crippen LogP contribution in [0.2, 0.25) is 0 Å². The zero-order valence-corrected chi connectivity index (χ0v) is 14.0. The van der Waals surface area contributed by atoms with Crippen LogP contribution in [0.1, 0.15) is 35.2 Å². The molecule has 2 unspecified atom stereocenters. The van der Waals surface area contributed by atoms with E-state index in [1.54, 1.807) is 0 Å². The molecule has 3 nitrogen and oxygen atoms in total. The molecule has 110 valence electrons. The highest BCUT2D eigenvalue weighted by molar-refractivity contribution is 9.10. The molecule has 1 N–H and O–H groups in total. The lowest BCUT2D eigenvalue weighted by molar-refractivity contribution is 0.0747. The van der Waals surface area contributed by atoms with Crippen molar-refractivity contribution in [2.24, 2.45) is 0 Å². The van der Waals surface area contributed by atoms with E-state index in [1.165, 1.54) is 12.8 Å². The van der Waals surface area contributed by atoms with Gasteiger partial charge in [0.1, 0.15) is 0 Å². The summed E-state index contributed by atoms with van der Waals surface area (Å²) in [4.78, 5) is 14.7. The minimum absolute atomic E-state index is 0. The molecular weight excluding hydrogens is 340 g/mol. The molecule has 20 heavy (non-hydrogen) atoms. The Morgan fingerprint density at radius 3 is 2.80 bits per heavy atom. The molecule has 0 saturated carbocycles. The van der Waals surface area contributed by atoms with Gasteiger partial charge in [-0.3, -0.25) is 4.79 Å². The van der Waals surface area contributed by atoms with Gasteiger partial charge in [-0.15, -0.1) is 12.4 Å². The number of halogens is 2. The Bertz CT molecular complexity index is 509. The van der Waals surface area contributed by atoms with Crippen LogP contribution in [-0.4, -0.2) is 36.0 Å². The van der Waals surface area contributed by atoms with Gasteiger partial charge >= 0.3 is 0 Å². The minimum Gasteiger partial charge on any atom is -0.337 e. The fraction of sp³-hybridized carbons (Fsp3) is 0.533. The number of nitrogens with zero attached hydrogens (tertiary/aromatic N) is 1. The highest BCUT2D eigenvalue weighted by Crippen LogP contribution is 2.23. The first-order chi connectivity index (χ1) is 9.13. The second-order valence-corrected chi connectivity index (χ2v) is 6.55. The maximum atomic E-state index is 12.6. The van der Waals surface area contributed by atoms with Crippen LogP contribution in [0.5, 0.6) is 0 Å². The van der Waals surface area contributed by atoms with Crippen LogP contribution in [-0.2, 0) is 0 Å². The number of rotatable bonds is 1. The summed E-state index contributed by atoms with van der Waals surface area (Å²) in [6.45, 7) is 3.73. The molecule has 0 aliphatic carbocycles. The van der Waals surface area contributed by atoms with Crippen molar-refractivity contribution in [1.82, 2.24) is 10.2 Å². The van der Waals surface area contributed by atoms with Gasteiger partial charge in [0.05, 0.1) is 0 Å². The van der Waals surface area contributed by atoms with Crippen molar-refractivity contribution in [3.8, 4) is 0 Å². The van der Waals surface area contributed by atoms with Crippen LogP contribution >= 0.6 is 28.3 Å². The van der Waals surface area contributed by atoms with Gasteiger partial charge in [-0.1, -0.05) is 15.9 Å². The minimum atomic E-state index is 0. The van der Waals surface area contributed by atoms with Gasteiger partial charge in [-0.05, 0) is 49.9 Å². The Kier molecular flexibility index (Phi) is 5.10. The Morgan fingerprint density at radius 2 is 2.05 bits per heavy atom. The van der Waals surface area contributed by atoms with Gasteiger partial charge in [-0.2, -0.15) is 0 Å². The average Bonchev–Trinajstić information content (AvgIpc) is 2.68. The summed E-state index contributed by atoms with van der Waals surface area (Å²) in [5.41, 5.74) is 1.88. The number of carbonyl (C=O) groups excluding carboxylic acids is 1. The SMILES string of the molecule is Cc1cc(Br)ccc1C(=O)N1CCC2CCC(C1)N2.Cl. The number of amides is 1. The van der Waals surface area contributed by atoms with E-state index in [-0.39, 0.29) is 18.3 Å². The molecule has 3 rings (SSSR count).